The lowest BCUT2D eigenvalue weighted by Gasteiger charge is -2.24. The number of unbranched alkanes of at least 4 members (excludes halogenated alkanes) is 16. The summed E-state index contributed by atoms with van der Waals surface area (Å²) in [5, 5.41) is 0. The SMILES string of the molecule is CC/C=C/C/C=C/C/C=C/CCCCCCCC(=O)O[C@H](COC(=O)CC/C=C/CCCCCCCCCCCCC)COP(=O)(O)OCC[N+](C)(C)C. The first kappa shape index (κ1) is 52.0. The molecule has 0 rings (SSSR count). The number of phosphoric acid groups is 1. The van der Waals surface area contributed by atoms with Gasteiger partial charge in [-0.2, -0.15) is 0 Å². The molecule has 54 heavy (non-hydrogen) atoms. The fourth-order valence-electron chi connectivity index (χ4n) is 5.52. The van der Waals surface area contributed by atoms with Crippen molar-refractivity contribution in [1.82, 2.24) is 0 Å². The Morgan fingerprint density at radius 2 is 1.09 bits per heavy atom. The molecule has 0 amide bonds. The molecule has 2 atom stereocenters. The Hall–Kier alpha value is -2.03. The summed E-state index contributed by atoms with van der Waals surface area (Å²) in [6.45, 7) is 4.24. The molecule has 0 bridgehead atoms. The molecule has 0 saturated carbocycles. The summed E-state index contributed by atoms with van der Waals surface area (Å²) < 4.78 is 34.2. The number of quaternary nitrogens is 1. The molecule has 0 heterocycles. The fraction of sp³-hybridized carbons (Fsp3) is 0.773. The van der Waals surface area contributed by atoms with Crippen LogP contribution >= 0.6 is 7.82 Å². The number of rotatable bonds is 38. The minimum atomic E-state index is -4.38. The van der Waals surface area contributed by atoms with Gasteiger partial charge in [0.05, 0.1) is 27.7 Å². The van der Waals surface area contributed by atoms with Crippen molar-refractivity contribution in [1.29, 1.82) is 0 Å². The van der Waals surface area contributed by atoms with E-state index in [-0.39, 0.29) is 26.1 Å². The number of hydrogen-bond donors (Lipinski definition) is 1. The van der Waals surface area contributed by atoms with E-state index in [0.717, 1.165) is 64.2 Å². The third-order valence-corrected chi connectivity index (χ3v) is 9.84. The number of hydrogen-bond acceptors (Lipinski definition) is 7. The molecule has 0 aliphatic heterocycles. The number of carbonyl (C=O) groups excluding carboxylic acids is 2. The predicted octanol–water partition coefficient (Wildman–Crippen LogP) is 11.9. The Morgan fingerprint density at radius 1 is 0.593 bits per heavy atom. The van der Waals surface area contributed by atoms with E-state index in [2.05, 4.69) is 56.4 Å². The van der Waals surface area contributed by atoms with Crippen LogP contribution in [0.2, 0.25) is 0 Å². The van der Waals surface area contributed by atoms with Gasteiger partial charge in [0.15, 0.2) is 6.10 Å². The molecular weight excluding hydrogens is 701 g/mol. The lowest BCUT2D eigenvalue weighted by molar-refractivity contribution is -0.870. The van der Waals surface area contributed by atoms with E-state index in [1.54, 1.807) is 0 Å². The van der Waals surface area contributed by atoms with Crippen LogP contribution in [-0.2, 0) is 32.7 Å². The predicted molar refractivity (Wildman–Crippen MR) is 224 cm³/mol. The number of allylic oxidation sites excluding steroid dienone is 8. The summed E-state index contributed by atoms with van der Waals surface area (Å²) in [7, 11) is 1.44. The zero-order valence-corrected chi connectivity index (χ0v) is 36.1. The highest BCUT2D eigenvalue weighted by molar-refractivity contribution is 7.47. The van der Waals surface area contributed by atoms with Gasteiger partial charge < -0.3 is 18.9 Å². The molecule has 0 fully saturated rings. The first-order chi connectivity index (χ1) is 26.0. The second kappa shape index (κ2) is 36.6. The number of likely N-dealkylation sites (N-methyl/N-ethyl adjacent to an activating group) is 1. The fourth-order valence-corrected chi connectivity index (χ4v) is 6.26. The molecule has 0 aromatic heterocycles. The Labute approximate surface area is 331 Å². The lowest BCUT2D eigenvalue weighted by atomic mass is 10.1. The Balaban J connectivity index is 4.45. The monoisotopic (exact) mass is 783 g/mol. The zero-order valence-electron chi connectivity index (χ0n) is 35.2. The van der Waals surface area contributed by atoms with E-state index in [9.17, 15) is 19.0 Å². The average molecular weight is 783 g/mol. The highest BCUT2D eigenvalue weighted by Crippen LogP contribution is 2.43. The normalized spacial score (nSPS) is 14.1. The van der Waals surface area contributed by atoms with E-state index in [1.807, 2.05) is 27.2 Å². The maximum absolute atomic E-state index is 12.7. The summed E-state index contributed by atoms with van der Waals surface area (Å²) in [6, 6.07) is 0. The van der Waals surface area contributed by atoms with Crippen molar-refractivity contribution in [2.45, 2.75) is 174 Å². The second-order valence-electron chi connectivity index (χ2n) is 15.3. The van der Waals surface area contributed by atoms with E-state index in [0.29, 0.717) is 23.9 Å². The molecule has 0 radical (unpaired) electrons. The number of phosphoric ester groups is 1. The van der Waals surface area contributed by atoms with Gasteiger partial charge in [-0.3, -0.25) is 18.6 Å². The molecule has 9 nitrogen and oxygen atoms in total. The first-order valence-corrected chi connectivity index (χ1v) is 22.9. The highest BCUT2D eigenvalue weighted by atomic mass is 31.2. The molecule has 0 saturated heterocycles. The third kappa shape index (κ3) is 39.7. The van der Waals surface area contributed by atoms with Crippen LogP contribution < -0.4 is 0 Å². The zero-order chi connectivity index (χ0) is 40.0. The minimum absolute atomic E-state index is 0.0221. The molecule has 1 unspecified atom stereocenters. The lowest BCUT2D eigenvalue weighted by Crippen LogP contribution is -2.37. The van der Waals surface area contributed by atoms with E-state index in [1.165, 1.54) is 64.2 Å². The Kier molecular flexibility index (Phi) is 35.2. The van der Waals surface area contributed by atoms with Crippen LogP contribution in [0.5, 0.6) is 0 Å². The van der Waals surface area contributed by atoms with Crippen molar-refractivity contribution in [3.8, 4) is 0 Å². The Bertz CT molecular complexity index is 1070. The standard InChI is InChI=1S/C44H80NO8P/c1-6-8-10-12-14-16-18-20-22-24-26-28-30-32-34-36-43(46)50-40-42(41-52-54(48,49)51-39-38-45(3,4)5)53-44(47)37-35-33-31-29-27-25-23-21-19-17-15-13-11-9-7-2/h9,11,15,17,21,23,30,32,42H,6-8,10,12-14,16,18-20,22,24-29,31,33-41H2,1-5H3/p+1/b11-9+,17-15+,23-21+,32-30+/t42-/m1/s1. The summed E-state index contributed by atoms with van der Waals surface area (Å²) in [6.07, 6.45) is 41.7. The molecule has 10 heteroatoms. The van der Waals surface area contributed by atoms with Crippen LogP contribution in [0.15, 0.2) is 48.6 Å². The van der Waals surface area contributed by atoms with Gasteiger partial charge in [0.1, 0.15) is 19.8 Å². The maximum atomic E-state index is 12.7. The van der Waals surface area contributed by atoms with Gasteiger partial charge in [0.25, 0.3) is 0 Å². The van der Waals surface area contributed by atoms with Crippen molar-refractivity contribution >= 4 is 19.8 Å². The van der Waals surface area contributed by atoms with Crippen molar-refractivity contribution in [2.24, 2.45) is 0 Å². The molecule has 314 valence electrons. The van der Waals surface area contributed by atoms with Gasteiger partial charge in [-0.15, -0.1) is 0 Å². The summed E-state index contributed by atoms with van der Waals surface area (Å²) in [5.41, 5.74) is 0. The van der Waals surface area contributed by atoms with Crippen LogP contribution in [0.1, 0.15) is 168 Å². The van der Waals surface area contributed by atoms with Crippen molar-refractivity contribution in [2.75, 3.05) is 47.5 Å². The quantitative estimate of drug-likeness (QED) is 0.0217. The smallest absolute Gasteiger partial charge is 0.462 e. The average Bonchev–Trinajstić information content (AvgIpc) is 3.12. The van der Waals surface area contributed by atoms with Crippen LogP contribution in [0.3, 0.4) is 0 Å². The molecule has 0 aromatic carbocycles. The summed E-state index contributed by atoms with van der Waals surface area (Å²) in [5.74, 6) is -0.877. The largest absolute Gasteiger partial charge is 0.472 e. The molecule has 1 N–H and O–H groups in total. The van der Waals surface area contributed by atoms with Crippen LogP contribution in [-0.4, -0.2) is 74.9 Å². The van der Waals surface area contributed by atoms with Gasteiger partial charge in [-0.1, -0.05) is 146 Å². The number of carbonyl (C=O) groups is 2. The van der Waals surface area contributed by atoms with Crippen LogP contribution in [0.25, 0.3) is 0 Å². The first-order valence-electron chi connectivity index (χ1n) is 21.4. The van der Waals surface area contributed by atoms with Crippen molar-refractivity contribution in [3.63, 3.8) is 0 Å². The molecular formula is C44H81NO8P+. The van der Waals surface area contributed by atoms with E-state index in [4.69, 9.17) is 18.5 Å². The highest BCUT2D eigenvalue weighted by Gasteiger charge is 2.27. The van der Waals surface area contributed by atoms with E-state index >= 15 is 0 Å². The Morgan fingerprint density at radius 3 is 1.67 bits per heavy atom. The van der Waals surface area contributed by atoms with Gasteiger partial charge in [0, 0.05) is 12.8 Å². The van der Waals surface area contributed by atoms with Crippen molar-refractivity contribution in [3.05, 3.63) is 48.6 Å². The maximum Gasteiger partial charge on any atom is 0.472 e. The van der Waals surface area contributed by atoms with Crippen LogP contribution in [0, 0.1) is 0 Å². The van der Waals surface area contributed by atoms with E-state index < -0.39 is 32.5 Å². The second-order valence-corrected chi connectivity index (χ2v) is 16.8. The van der Waals surface area contributed by atoms with Gasteiger partial charge in [-0.05, 0) is 57.8 Å². The minimum Gasteiger partial charge on any atom is -0.462 e. The van der Waals surface area contributed by atoms with Gasteiger partial charge in [-0.25, -0.2) is 4.57 Å². The topological polar surface area (TPSA) is 108 Å². The molecule has 0 spiro atoms. The number of ether oxygens (including phenoxy) is 2. The van der Waals surface area contributed by atoms with Gasteiger partial charge in [0.2, 0.25) is 0 Å². The molecule has 0 aliphatic rings. The molecule has 0 aromatic rings. The number of esters is 2. The summed E-state index contributed by atoms with van der Waals surface area (Å²) >= 11 is 0. The summed E-state index contributed by atoms with van der Waals surface area (Å²) in [4.78, 5) is 35.3. The van der Waals surface area contributed by atoms with Gasteiger partial charge >= 0.3 is 19.8 Å². The van der Waals surface area contributed by atoms with Crippen LogP contribution in [0.4, 0.5) is 0 Å². The molecule has 0 aliphatic carbocycles. The third-order valence-electron chi connectivity index (χ3n) is 8.86. The number of nitrogens with zero attached hydrogens (tertiary/aromatic N) is 1. The van der Waals surface area contributed by atoms with Crippen molar-refractivity contribution < 1.29 is 42.1 Å².